The average Bonchev–Trinajstić information content (AvgIpc) is 2.21. The van der Waals surface area contributed by atoms with Gasteiger partial charge in [-0.2, -0.15) is 0 Å². The third-order valence-electron chi connectivity index (χ3n) is 2.22. The van der Waals surface area contributed by atoms with Crippen LogP contribution in [0.2, 0.25) is 0 Å². The molecule has 0 amide bonds. The van der Waals surface area contributed by atoms with E-state index in [1.165, 1.54) is 4.31 Å². The van der Waals surface area contributed by atoms with Crippen molar-refractivity contribution in [2.75, 3.05) is 39.5 Å². The van der Waals surface area contributed by atoms with Crippen LogP contribution in [0.1, 0.15) is 19.3 Å². The van der Waals surface area contributed by atoms with Crippen molar-refractivity contribution in [1.29, 1.82) is 0 Å². The molecule has 0 heterocycles. The van der Waals surface area contributed by atoms with Gasteiger partial charge in [-0.3, -0.25) is 0 Å². The lowest BCUT2D eigenvalue weighted by atomic mass is 10.2. The number of rotatable bonds is 9. The topological polar surface area (TPSA) is 69.6 Å². The second-order valence-electron chi connectivity index (χ2n) is 3.53. The molecule has 0 aliphatic rings. The van der Waals surface area contributed by atoms with Gasteiger partial charge in [-0.25, -0.2) is 12.7 Å². The average molecular weight is 238 g/mol. The highest BCUT2D eigenvalue weighted by Gasteiger charge is 2.15. The van der Waals surface area contributed by atoms with Crippen LogP contribution in [0.4, 0.5) is 0 Å². The zero-order valence-corrected chi connectivity index (χ0v) is 10.4. The molecule has 0 bridgehead atoms. The van der Waals surface area contributed by atoms with Crippen molar-refractivity contribution in [3.05, 3.63) is 0 Å². The maximum absolute atomic E-state index is 11.6. The van der Waals surface area contributed by atoms with E-state index in [4.69, 9.17) is 5.11 Å². The summed E-state index contributed by atoms with van der Waals surface area (Å²) in [6, 6.07) is 0. The van der Waals surface area contributed by atoms with E-state index in [1.807, 2.05) is 0 Å². The SMILES string of the molecule is CNCCS(=O)(=O)N(C)CCCCCO. The first-order chi connectivity index (χ1) is 7.04. The summed E-state index contributed by atoms with van der Waals surface area (Å²) < 4.78 is 24.6. The smallest absolute Gasteiger partial charge is 0.215 e. The van der Waals surface area contributed by atoms with Crippen LogP contribution in [0, 0.1) is 0 Å². The van der Waals surface area contributed by atoms with Crippen LogP contribution in [0.15, 0.2) is 0 Å². The molecule has 15 heavy (non-hydrogen) atoms. The van der Waals surface area contributed by atoms with Crippen molar-refractivity contribution < 1.29 is 13.5 Å². The van der Waals surface area contributed by atoms with Gasteiger partial charge in [0.2, 0.25) is 10.0 Å². The van der Waals surface area contributed by atoms with Gasteiger partial charge >= 0.3 is 0 Å². The molecule has 0 aliphatic carbocycles. The van der Waals surface area contributed by atoms with E-state index in [9.17, 15) is 8.42 Å². The van der Waals surface area contributed by atoms with E-state index in [2.05, 4.69) is 5.32 Å². The molecule has 0 saturated carbocycles. The molecule has 0 fully saturated rings. The molecule has 0 aromatic heterocycles. The Labute approximate surface area is 92.5 Å². The predicted molar refractivity (Wildman–Crippen MR) is 61.3 cm³/mol. The molecular weight excluding hydrogens is 216 g/mol. The van der Waals surface area contributed by atoms with Crippen LogP contribution in [-0.4, -0.2) is 57.4 Å². The Bertz CT molecular complexity index is 242. The van der Waals surface area contributed by atoms with E-state index < -0.39 is 10.0 Å². The maximum atomic E-state index is 11.6. The summed E-state index contributed by atoms with van der Waals surface area (Å²) >= 11 is 0. The minimum Gasteiger partial charge on any atom is -0.396 e. The van der Waals surface area contributed by atoms with Crippen molar-refractivity contribution in [2.45, 2.75) is 19.3 Å². The van der Waals surface area contributed by atoms with Gasteiger partial charge in [-0.15, -0.1) is 0 Å². The van der Waals surface area contributed by atoms with Crippen molar-refractivity contribution >= 4 is 10.0 Å². The van der Waals surface area contributed by atoms with Crippen LogP contribution in [0.3, 0.4) is 0 Å². The Morgan fingerprint density at radius 1 is 1.27 bits per heavy atom. The normalized spacial score (nSPS) is 12.3. The van der Waals surface area contributed by atoms with E-state index in [-0.39, 0.29) is 12.4 Å². The fourth-order valence-electron chi connectivity index (χ4n) is 1.15. The van der Waals surface area contributed by atoms with Crippen molar-refractivity contribution in [3.63, 3.8) is 0 Å². The highest BCUT2D eigenvalue weighted by molar-refractivity contribution is 7.89. The van der Waals surface area contributed by atoms with Crippen LogP contribution >= 0.6 is 0 Å². The minimum absolute atomic E-state index is 0.139. The molecule has 0 atom stereocenters. The summed E-state index contributed by atoms with van der Waals surface area (Å²) in [4.78, 5) is 0. The Hall–Kier alpha value is -0.170. The number of aliphatic hydroxyl groups is 1. The second-order valence-corrected chi connectivity index (χ2v) is 5.72. The zero-order valence-electron chi connectivity index (χ0n) is 9.57. The van der Waals surface area contributed by atoms with Crippen molar-refractivity contribution in [2.24, 2.45) is 0 Å². The molecule has 92 valence electrons. The number of sulfonamides is 1. The standard InChI is InChI=1S/C9H22N2O3S/c1-10-6-9-15(13,14)11(2)7-4-3-5-8-12/h10,12H,3-9H2,1-2H3. The second kappa shape index (κ2) is 8.04. The molecule has 0 aromatic carbocycles. The summed E-state index contributed by atoms with van der Waals surface area (Å²) in [6.07, 6.45) is 2.41. The largest absolute Gasteiger partial charge is 0.396 e. The number of hydrogen-bond donors (Lipinski definition) is 2. The Kier molecular flexibility index (Phi) is 7.95. The first-order valence-electron chi connectivity index (χ1n) is 5.24. The predicted octanol–water partition coefficient (Wildman–Crippen LogP) is -0.370. The Morgan fingerprint density at radius 3 is 2.47 bits per heavy atom. The number of hydrogen-bond acceptors (Lipinski definition) is 4. The molecule has 0 unspecified atom stereocenters. The number of nitrogens with zero attached hydrogens (tertiary/aromatic N) is 1. The molecule has 5 nitrogen and oxygen atoms in total. The van der Waals surface area contributed by atoms with Gasteiger partial charge in [0.25, 0.3) is 0 Å². The molecule has 0 aromatic rings. The van der Waals surface area contributed by atoms with Crippen LogP contribution in [0.25, 0.3) is 0 Å². The summed E-state index contributed by atoms with van der Waals surface area (Å²) in [6.45, 7) is 1.19. The third kappa shape index (κ3) is 6.83. The van der Waals surface area contributed by atoms with Gasteiger partial charge in [-0.05, 0) is 26.3 Å². The summed E-state index contributed by atoms with van der Waals surface area (Å²) in [5.41, 5.74) is 0. The van der Waals surface area contributed by atoms with E-state index >= 15 is 0 Å². The van der Waals surface area contributed by atoms with E-state index in [0.717, 1.165) is 19.3 Å². The molecular formula is C9H22N2O3S. The van der Waals surface area contributed by atoms with Crippen LogP contribution in [0.5, 0.6) is 0 Å². The summed E-state index contributed by atoms with van der Waals surface area (Å²) in [5.74, 6) is 0.139. The number of aliphatic hydroxyl groups excluding tert-OH is 1. The molecule has 0 saturated heterocycles. The van der Waals surface area contributed by atoms with E-state index in [0.29, 0.717) is 13.1 Å². The van der Waals surface area contributed by atoms with Gasteiger partial charge in [0, 0.05) is 26.7 Å². The van der Waals surface area contributed by atoms with Gasteiger partial charge in [0.05, 0.1) is 5.75 Å². The summed E-state index contributed by atoms with van der Waals surface area (Å²) in [7, 11) is 0.233. The lowest BCUT2D eigenvalue weighted by Gasteiger charge is -2.16. The van der Waals surface area contributed by atoms with Crippen LogP contribution in [-0.2, 0) is 10.0 Å². The van der Waals surface area contributed by atoms with Gasteiger partial charge in [-0.1, -0.05) is 0 Å². The molecule has 0 radical (unpaired) electrons. The molecule has 0 rings (SSSR count). The number of unbranched alkanes of at least 4 members (excludes halogenated alkanes) is 2. The van der Waals surface area contributed by atoms with Gasteiger partial charge in [0.1, 0.15) is 0 Å². The monoisotopic (exact) mass is 238 g/mol. The fraction of sp³-hybridized carbons (Fsp3) is 1.00. The highest BCUT2D eigenvalue weighted by atomic mass is 32.2. The van der Waals surface area contributed by atoms with E-state index in [1.54, 1.807) is 14.1 Å². The Morgan fingerprint density at radius 2 is 1.93 bits per heavy atom. The molecule has 0 aliphatic heterocycles. The fourth-order valence-corrected chi connectivity index (χ4v) is 2.33. The quantitative estimate of drug-likeness (QED) is 0.538. The first-order valence-corrected chi connectivity index (χ1v) is 6.85. The van der Waals surface area contributed by atoms with Gasteiger partial charge in [0.15, 0.2) is 0 Å². The first kappa shape index (κ1) is 14.8. The minimum atomic E-state index is -3.10. The third-order valence-corrected chi connectivity index (χ3v) is 4.07. The maximum Gasteiger partial charge on any atom is 0.215 e. The molecule has 6 heteroatoms. The highest BCUT2D eigenvalue weighted by Crippen LogP contribution is 2.02. The van der Waals surface area contributed by atoms with Crippen molar-refractivity contribution in [1.82, 2.24) is 9.62 Å². The number of nitrogens with one attached hydrogen (secondary N) is 1. The molecule has 2 N–H and O–H groups in total. The Balaban J connectivity index is 3.81. The molecule has 0 spiro atoms. The lowest BCUT2D eigenvalue weighted by Crippen LogP contribution is -2.33. The lowest BCUT2D eigenvalue weighted by molar-refractivity contribution is 0.281. The van der Waals surface area contributed by atoms with Crippen LogP contribution < -0.4 is 5.32 Å². The zero-order chi connectivity index (χ0) is 11.7. The van der Waals surface area contributed by atoms with Crippen molar-refractivity contribution in [3.8, 4) is 0 Å². The van der Waals surface area contributed by atoms with Gasteiger partial charge < -0.3 is 10.4 Å². The summed E-state index contributed by atoms with van der Waals surface area (Å²) in [5, 5.41) is 11.4.